The van der Waals surface area contributed by atoms with Crippen LogP contribution < -0.4 is 4.74 Å². The lowest BCUT2D eigenvalue weighted by atomic mass is 10.1. The summed E-state index contributed by atoms with van der Waals surface area (Å²) in [7, 11) is 1.63. The van der Waals surface area contributed by atoms with Gasteiger partial charge in [0.25, 0.3) is 0 Å². The molecule has 2 heterocycles. The molecule has 0 bridgehead atoms. The Morgan fingerprint density at radius 3 is 2.23 bits per heavy atom. The number of ether oxygens (including phenoxy) is 1. The first-order valence-corrected chi connectivity index (χ1v) is 10.3. The van der Waals surface area contributed by atoms with Crippen molar-refractivity contribution in [2.45, 2.75) is 40.2 Å². The van der Waals surface area contributed by atoms with Crippen LogP contribution >= 0.6 is 0 Å². The van der Waals surface area contributed by atoms with Crippen molar-refractivity contribution in [1.29, 1.82) is 0 Å². The number of urea groups is 1. The summed E-state index contributed by atoms with van der Waals surface area (Å²) in [6.07, 6.45) is 1.32. The highest BCUT2D eigenvalue weighted by molar-refractivity contribution is 6.45. The summed E-state index contributed by atoms with van der Waals surface area (Å²) >= 11 is 0. The molecule has 0 aliphatic carbocycles. The van der Waals surface area contributed by atoms with Crippen LogP contribution in [0.5, 0.6) is 5.75 Å². The lowest BCUT2D eigenvalue weighted by Crippen LogP contribution is -2.37. The number of hydrogen-bond acceptors (Lipinski definition) is 5. The molecule has 164 valence electrons. The Hall–Kier alpha value is -3.42. The predicted octanol–water partition coefficient (Wildman–Crippen LogP) is 2.74. The monoisotopic (exact) mass is 425 g/mol. The Balaban J connectivity index is 1.72. The minimum absolute atomic E-state index is 0.161. The molecule has 31 heavy (non-hydrogen) atoms. The van der Waals surface area contributed by atoms with Gasteiger partial charge in [-0.05, 0) is 50.5 Å². The van der Waals surface area contributed by atoms with Crippen LogP contribution in [-0.4, -0.2) is 58.2 Å². The molecule has 0 unspecified atom stereocenters. The molecule has 1 saturated heterocycles. The minimum atomic E-state index is -0.944. The highest BCUT2D eigenvalue weighted by atomic mass is 16.5. The second-order valence-corrected chi connectivity index (χ2v) is 7.59. The number of nitrogens with zero attached hydrogens (tertiary/aromatic N) is 3. The molecule has 8 nitrogen and oxygen atoms in total. The molecular formula is C23H27N3O5. The summed E-state index contributed by atoms with van der Waals surface area (Å²) in [4.78, 5) is 51.1. The largest absolute Gasteiger partial charge is 0.497 e. The van der Waals surface area contributed by atoms with Crippen molar-refractivity contribution in [3.63, 3.8) is 0 Å². The molecular weight excluding hydrogens is 398 g/mol. The van der Waals surface area contributed by atoms with Crippen molar-refractivity contribution in [3.05, 3.63) is 52.8 Å². The number of aromatic nitrogens is 1. The van der Waals surface area contributed by atoms with Gasteiger partial charge in [-0.1, -0.05) is 19.1 Å². The second-order valence-electron chi connectivity index (χ2n) is 7.59. The summed E-state index contributed by atoms with van der Waals surface area (Å²) in [5.74, 6) is -1.38. The Labute approximate surface area is 181 Å². The molecule has 0 spiro atoms. The molecule has 8 heteroatoms. The highest BCUT2D eigenvalue weighted by Crippen LogP contribution is 2.20. The lowest BCUT2D eigenvalue weighted by molar-refractivity contribution is -0.143. The van der Waals surface area contributed by atoms with Gasteiger partial charge in [-0.15, -0.1) is 0 Å². The van der Waals surface area contributed by atoms with E-state index in [2.05, 4.69) is 0 Å². The van der Waals surface area contributed by atoms with E-state index < -0.39 is 24.4 Å². The number of carbonyl (C=O) groups excluding carboxylic acids is 4. The van der Waals surface area contributed by atoms with E-state index in [1.165, 1.54) is 0 Å². The van der Waals surface area contributed by atoms with Gasteiger partial charge < -0.3 is 9.30 Å². The second kappa shape index (κ2) is 9.16. The number of carbonyl (C=O) groups is 4. The summed E-state index contributed by atoms with van der Waals surface area (Å²) < 4.78 is 7.22. The maximum Gasteiger partial charge on any atom is 0.334 e. The van der Waals surface area contributed by atoms with Crippen LogP contribution in [0.15, 0.2) is 30.3 Å². The number of amides is 4. The Bertz CT molecular complexity index is 1020. The van der Waals surface area contributed by atoms with E-state index in [1.807, 2.05) is 42.7 Å². The topological polar surface area (TPSA) is 88.9 Å². The van der Waals surface area contributed by atoms with Crippen LogP contribution in [0.3, 0.4) is 0 Å². The Morgan fingerprint density at radius 2 is 1.61 bits per heavy atom. The van der Waals surface area contributed by atoms with Crippen LogP contribution in [0.2, 0.25) is 0 Å². The molecule has 1 fully saturated rings. The molecule has 1 aliphatic rings. The lowest BCUT2D eigenvalue weighted by Gasteiger charge is -2.14. The van der Waals surface area contributed by atoms with Crippen LogP contribution in [-0.2, 0) is 22.6 Å². The van der Waals surface area contributed by atoms with Gasteiger partial charge in [0.1, 0.15) is 5.75 Å². The quantitative estimate of drug-likeness (QED) is 0.350. The first-order chi connectivity index (χ1) is 14.8. The van der Waals surface area contributed by atoms with Gasteiger partial charge in [0.2, 0.25) is 0 Å². The van der Waals surface area contributed by atoms with Crippen molar-refractivity contribution in [2.24, 2.45) is 0 Å². The fourth-order valence-electron chi connectivity index (χ4n) is 3.80. The summed E-state index contributed by atoms with van der Waals surface area (Å²) in [6.45, 7) is 5.97. The molecule has 0 saturated carbocycles. The molecule has 1 aliphatic heterocycles. The summed E-state index contributed by atoms with van der Waals surface area (Å²) in [5.41, 5.74) is 3.28. The molecule has 0 radical (unpaired) electrons. The zero-order chi connectivity index (χ0) is 22.7. The standard InChI is InChI=1S/C23H27N3O5/c1-5-11-25-21(28)22(29)26(23(25)30)14-20(27)19-13-15(2)24(16(19)3)12-10-17-6-8-18(31-4)9-7-17/h6-9,13H,5,10-12,14H2,1-4H3. The normalized spacial score (nSPS) is 14.0. The third kappa shape index (κ3) is 4.38. The van der Waals surface area contributed by atoms with E-state index in [9.17, 15) is 19.2 Å². The van der Waals surface area contributed by atoms with E-state index in [1.54, 1.807) is 20.1 Å². The van der Waals surface area contributed by atoms with Crippen LogP contribution in [0.25, 0.3) is 0 Å². The molecule has 2 aromatic rings. The smallest absolute Gasteiger partial charge is 0.334 e. The molecule has 4 amide bonds. The number of Topliss-reactive ketones (excluding diaryl/α,β-unsaturated/α-hetero) is 1. The van der Waals surface area contributed by atoms with E-state index >= 15 is 0 Å². The maximum atomic E-state index is 12.9. The van der Waals surface area contributed by atoms with Crippen molar-refractivity contribution in [1.82, 2.24) is 14.4 Å². The van der Waals surface area contributed by atoms with Gasteiger partial charge in [0.05, 0.1) is 13.7 Å². The average molecular weight is 425 g/mol. The zero-order valence-electron chi connectivity index (χ0n) is 18.3. The minimum Gasteiger partial charge on any atom is -0.497 e. The molecule has 0 atom stereocenters. The average Bonchev–Trinajstić information content (AvgIpc) is 3.15. The van der Waals surface area contributed by atoms with E-state index in [0.717, 1.165) is 38.9 Å². The van der Waals surface area contributed by atoms with E-state index in [-0.39, 0.29) is 12.3 Å². The molecule has 0 N–H and O–H groups in total. The van der Waals surface area contributed by atoms with Gasteiger partial charge in [-0.25, -0.2) is 9.69 Å². The van der Waals surface area contributed by atoms with Gasteiger partial charge >= 0.3 is 17.8 Å². The number of rotatable bonds is 9. The van der Waals surface area contributed by atoms with Gasteiger partial charge in [0, 0.05) is 30.0 Å². The van der Waals surface area contributed by atoms with E-state index in [4.69, 9.17) is 4.74 Å². The Kier molecular flexibility index (Phi) is 6.58. The SMILES string of the molecule is CCCN1C(=O)C(=O)N(CC(=O)c2cc(C)n(CCc3ccc(OC)cc3)c2C)C1=O. The van der Waals surface area contributed by atoms with Gasteiger partial charge in [-0.2, -0.15) is 0 Å². The third-order valence-corrected chi connectivity index (χ3v) is 5.54. The van der Waals surface area contributed by atoms with Crippen molar-refractivity contribution in [2.75, 3.05) is 20.2 Å². The molecule has 3 rings (SSSR count). The van der Waals surface area contributed by atoms with Gasteiger partial charge in [-0.3, -0.25) is 19.3 Å². The number of aryl methyl sites for hydroxylation is 2. The first-order valence-electron chi connectivity index (χ1n) is 10.3. The van der Waals surface area contributed by atoms with Crippen LogP contribution in [0, 0.1) is 13.8 Å². The number of imide groups is 2. The van der Waals surface area contributed by atoms with Crippen molar-refractivity contribution >= 4 is 23.6 Å². The first kappa shape index (κ1) is 22.3. The van der Waals surface area contributed by atoms with Gasteiger partial charge in [0.15, 0.2) is 5.78 Å². The number of hydrogen-bond donors (Lipinski definition) is 0. The predicted molar refractivity (Wildman–Crippen MR) is 114 cm³/mol. The Morgan fingerprint density at radius 1 is 0.968 bits per heavy atom. The molecule has 1 aromatic heterocycles. The maximum absolute atomic E-state index is 12.9. The third-order valence-electron chi connectivity index (χ3n) is 5.54. The van der Waals surface area contributed by atoms with E-state index in [0.29, 0.717) is 18.5 Å². The zero-order valence-corrected chi connectivity index (χ0v) is 18.3. The summed E-state index contributed by atoms with van der Waals surface area (Å²) in [6, 6.07) is 8.87. The van der Waals surface area contributed by atoms with Crippen molar-refractivity contribution < 1.29 is 23.9 Å². The van der Waals surface area contributed by atoms with Crippen LogP contribution in [0.1, 0.15) is 40.7 Å². The number of methoxy groups -OCH3 is 1. The molecule has 1 aromatic carbocycles. The number of ketones is 1. The summed E-state index contributed by atoms with van der Waals surface area (Å²) in [5, 5.41) is 0. The fourth-order valence-corrected chi connectivity index (χ4v) is 3.80. The fraction of sp³-hybridized carbons (Fsp3) is 0.391. The van der Waals surface area contributed by atoms with Crippen molar-refractivity contribution in [3.8, 4) is 5.75 Å². The van der Waals surface area contributed by atoms with Crippen LogP contribution in [0.4, 0.5) is 4.79 Å². The highest BCUT2D eigenvalue weighted by Gasteiger charge is 2.44. The number of benzene rings is 1.